The molecule has 0 aromatic heterocycles. The highest BCUT2D eigenvalue weighted by Crippen LogP contribution is 2.25. The first-order valence-electron chi connectivity index (χ1n) is 5.06. The number of hydrogen-bond donors (Lipinski definition) is 1. The summed E-state index contributed by atoms with van der Waals surface area (Å²) >= 11 is 3.49. The van der Waals surface area contributed by atoms with E-state index in [1.165, 1.54) is 16.8 Å². The fourth-order valence-electron chi connectivity index (χ4n) is 1.68. The summed E-state index contributed by atoms with van der Waals surface area (Å²) in [5.41, 5.74) is 3.72. The van der Waals surface area contributed by atoms with Crippen molar-refractivity contribution in [1.82, 2.24) is 0 Å². The van der Waals surface area contributed by atoms with Gasteiger partial charge in [-0.15, -0.1) is 0 Å². The molecule has 0 saturated heterocycles. The van der Waals surface area contributed by atoms with Crippen molar-refractivity contribution in [2.75, 3.05) is 19.0 Å². The molecule has 84 valence electrons. The molecule has 0 radical (unpaired) electrons. The number of methoxy groups -OCH3 is 1. The third kappa shape index (κ3) is 3.50. The van der Waals surface area contributed by atoms with Crippen LogP contribution in [0.3, 0.4) is 0 Å². The average Bonchev–Trinajstić information content (AvgIpc) is 2.11. The number of halogens is 1. The van der Waals surface area contributed by atoms with E-state index in [2.05, 4.69) is 54.2 Å². The number of nitrogens with one attached hydrogen (secondary N) is 1. The molecule has 0 bridgehead atoms. The molecule has 1 unspecified atom stereocenters. The maximum absolute atomic E-state index is 5.11. The lowest BCUT2D eigenvalue weighted by Crippen LogP contribution is -2.21. The standard InChI is InChI=1S/C12H18BrNO/c1-8-5-11(13)6-9(2)12(8)14-10(3)7-15-4/h5-6,10,14H,7H2,1-4H3. The van der Waals surface area contributed by atoms with Gasteiger partial charge in [0, 0.05) is 23.3 Å². The summed E-state index contributed by atoms with van der Waals surface area (Å²) in [5.74, 6) is 0. The van der Waals surface area contributed by atoms with Gasteiger partial charge in [0.25, 0.3) is 0 Å². The van der Waals surface area contributed by atoms with E-state index in [-0.39, 0.29) is 0 Å². The topological polar surface area (TPSA) is 21.3 Å². The van der Waals surface area contributed by atoms with E-state index in [0.717, 1.165) is 11.1 Å². The van der Waals surface area contributed by atoms with Crippen molar-refractivity contribution in [2.45, 2.75) is 26.8 Å². The highest BCUT2D eigenvalue weighted by molar-refractivity contribution is 9.10. The zero-order valence-electron chi connectivity index (χ0n) is 9.73. The predicted octanol–water partition coefficient (Wildman–Crippen LogP) is 3.51. The van der Waals surface area contributed by atoms with Crippen molar-refractivity contribution in [3.05, 3.63) is 27.7 Å². The second kappa shape index (κ2) is 5.52. The summed E-state index contributed by atoms with van der Waals surface area (Å²) in [6.45, 7) is 7.05. The fourth-order valence-corrected chi connectivity index (χ4v) is 2.36. The van der Waals surface area contributed by atoms with E-state index in [0.29, 0.717) is 6.04 Å². The average molecular weight is 272 g/mol. The summed E-state index contributed by atoms with van der Waals surface area (Å²) in [4.78, 5) is 0. The largest absolute Gasteiger partial charge is 0.383 e. The summed E-state index contributed by atoms with van der Waals surface area (Å²) in [7, 11) is 1.72. The van der Waals surface area contributed by atoms with Gasteiger partial charge >= 0.3 is 0 Å². The molecule has 0 heterocycles. The van der Waals surface area contributed by atoms with Crippen LogP contribution < -0.4 is 5.32 Å². The Bertz CT molecular complexity index is 315. The minimum Gasteiger partial charge on any atom is -0.383 e. The molecule has 1 atom stereocenters. The van der Waals surface area contributed by atoms with Crippen LogP contribution in [-0.4, -0.2) is 19.8 Å². The van der Waals surface area contributed by atoms with Crippen molar-refractivity contribution in [3.63, 3.8) is 0 Å². The smallest absolute Gasteiger partial charge is 0.0661 e. The van der Waals surface area contributed by atoms with Crippen LogP contribution >= 0.6 is 15.9 Å². The van der Waals surface area contributed by atoms with Crippen LogP contribution in [0.15, 0.2) is 16.6 Å². The van der Waals surface area contributed by atoms with Gasteiger partial charge in [-0.05, 0) is 44.0 Å². The van der Waals surface area contributed by atoms with Gasteiger partial charge in [0.2, 0.25) is 0 Å². The molecule has 0 saturated carbocycles. The molecule has 1 aromatic carbocycles. The molecule has 2 nitrogen and oxygen atoms in total. The van der Waals surface area contributed by atoms with Gasteiger partial charge in [-0.25, -0.2) is 0 Å². The normalized spacial score (nSPS) is 12.6. The van der Waals surface area contributed by atoms with Crippen LogP contribution in [-0.2, 0) is 4.74 Å². The van der Waals surface area contributed by atoms with E-state index >= 15 is 0 Å². The predicted molar refractivity (Wildman–Crippen MR) is 68.6 cm³/mol. The molecule has 0 fully saturated rings. The fraction of sp³-hybridized carbons (Fsp3) is 0.500. The van der Waals surface area contributed by atoms with Gasteiger partial charge in [-0.1, -0.05) is 15.9 Å². The van der Waals surface area contributed by atoms with E-state index in [1.54, 1.807) is 7.11 Å². The number of ether oxygens (including phenoxy) is 1. The Morgan fingerprint density at radius 2 is 1.87 bits per heavy atom. The minimum absolute atomic E-state index is 0.327. The minimum atomic E-state index is 0.327. The molecule has 0 aliphatic carbocycles. The van der Waals surface area contributed by atoms with Gasteiger partial charge in [-0.3, -0.25) is 0 Å². The molecular formula is C12H18BrNO. The first-order chi connectivity index (χ1) is 7.04. The van der Waals surface area contributed by atoms with E-state index in [9.17, 15) is 0 Å². The zero-order chi connectivity index (χ0) is 11.4. The lowest BCUT2D eigenvalue weighted by atomic mass is 10.1. The van der Waals surface area contributed by atoms with Gasteiger partial charge in [0.05, 0.1) is 6.61 Å². The van der Waals surface area contributed by atoms with Crippen LogP contribution in [0.5, 0.6) is 0 Å². The number of rotatable bonds is 4. The lowest BCUT2D eigenvalue weighted by molar-refractivity contribution is 0.190. The molecule has 3 heteroatoms. The summed E-state index contributed by atoms with van der Waals surface area (Å²) in [6.07, 6.45) is 0. The van der Waals surface area contributed by atoms with Crippen molar-refractivity contribution in [2.24, 2.45) is 0 Å². The maximum atomic E-state index is 5.11. The third-order valence-electron chi connectivity index (χ3n) is 2.30. The molecule has 0 spiro atoms. The highest BCUT2D eigenvalue weighted by atomic mass is 79.9. The molecule has 0 amide bonds. The number of anilines is 1. The molecule has 15 heavy (non-hydrogen) atoms. The Morgan fingerprint density at radius 3 is 2.33 bits per heavy atom. The Labute approximate surface area is 100 Å². The first kappa shape index (κ1) is 12.5. The van der Waals surface area contributed by atoms with Crippen LogP contribution in [0.25, 0.3) is 0 Å². The van der Waals surface area contributed by atoms with Crippen molar-refractivity contribution in [1.29, 1.82) is 0 Å². The Kier molecular flexibility index (Phi) is 4.61. The second-order valence-corrected chi connectivity index (χ2v) is 4.83. The molecular weight excluding hydrogens is 254 g/mol. The molecule has 1 aromatic rings. The van der Waals surface area contributed by atoms with Gasteiger partial charge in [-0.2, -0.15) is 0 Å². The summed E-state index contributed by atoms with van der Waals surface area (Å²) < 4.78 is 6.23. The van der Waals surface area contributed by atoms with Crippen LogP contribution in [0.1, 0.15) is 18.1 Å². The second-order valence-electron chi connectivity index (χ2n) is 3.92. The number of benzene rings is 1. The number of hydrogen-bond acceptors (Lipinski definition) is 2. The quantitative estimate of drug-likeness (QED) is 0.905. The molecule has 1 N–H and O–H groups in total. The van der Waals surface area contributed by atoms with Gasteiger partial charge in [0.15, 0.2) is 0 Å². The Balaban J connectivity index is 2.85. The molecule has 0 aliphatic rings. The first-order valence-corrected chi connectivity index (χ1v) is 5.86. The monoisotopic (exact) mass is 271 g/mol. The van der Waals surface area contributed by atoms with Crippen molar-refractivity contribution < 1.29 is 4.74 Å². The maximum Gasteiger partial charge on any atom is 0.0661 e. The van der Waals surface area contributed by atoms with Crippen molar-refractivity contribution >= 4 is 21.6 Å². The Hall–Kier alpha value is -0.540. The van der Waals surface area contributed by atoms with Gasteiger partial charge < -0.3 is 10.1 Å². The van der Waals surface area contributed by atoms with E-state index < -0.39 is 0 Å². The Morgan fingerprint density at radius 1 is 1.33 bits per heavy atom. The highest BCUT2D eigenvalue weighted by Gasteiger charge is 2.07. The van der Waals surface area contributed by atoms with E-state index in [4.69, 9.17) is 4.74 Å². The van der Waals surface area contributed by atoms with E-state index in [1.807, 2.05) is 0 Å². The SMILES string of the molecule is COCC(C)Nc1c(C)cc(Br)cc1C. The zero-order valence-corrected chi connectivity index (χ0v) is 11.3. The van der Waals surface area contributed by atoms with Crippen LogP contribution in [0.4, 0.5) is 5.69 Å². The summed E-state index contributed by atoms with van der Waals surface area (Å²) in [6, 6.07) is 4.57. The van der Waals surface area contributed by atoms with Crippen LogP contribution in [0.2, 0.25) is 0 Å². The number of aryl methyl sites for hydroxylation is 2. The van der Waals surface area contributed by atoms with Crippen LogP contribution in [0, 0.1) is 13.8 Å². The lowest BCUT2D eigenvalue weighted by Gasteiger charge is -2.18. The third-order valence-corrected chi connectivity index (χ3v) is 2.76. The molecule has 1 rings (SSSR count). The summed E-state index contributed by atoms with van der Waals surface area (Å²) in [5, 5.41) is 3.46. The molecule has 0 aliphatic heterocycles. The van der Waals surface area contributed by atoms with Gasteiger partial charge in [0.1, 0.15) is 0 Å². The van der Waals surface area contributed by atoms with Crippen molar-refractivity contribution in [3.8, 4) is 0 Å².